The van der Waals surface area contributed by atoms with Crippen molar-refractivity contribution < 1.29 is 13.2 Å². The molecule has 0 unspecified atom stereocenters. The summed E-state index contributed by atoms with van der Waals surface area (Å²) in [4.78, 5) is 12.3. The van der Waals surface area contributed by atoms with E-state index in [1.165, 1.54) is 26.2 Å². The molecule has 0 fully saturated rings. The number of hydrogen-bond donors (Lipinski definition) is 2. The smallest absolute Gasteiger partial charge is 0.243 e. The van der Waals surface area contributed by atoms with E-state index in [0.29, 0.717) is 5.69 Å². The molecule has 1 amide bonds. The molecule has 0 aliphatic rings. The van der Waals surface area contributed by atoms with Gasteiger partial charge in [-0.3, -0.25) is 4.79 Å². The summed E-state index contributed by atoms with van der Waals surface area (Å²) in [5.41, 5.74) is 2.43. The van der Waals surface area contributed by atoms with Crippen molar-refractivity contribution in [1.82, 2.24) is 4.31 Å². The van der Waals surface area contributed by atoms with Crippen molar-refractivity contribution >= 4 is 27.3 Å². The normalized spacial score (nSPS) is 11.4. The maximum atomic E-state index is 12.2. The Bertz CT molecular complexity index is 848. The van der Waals surface area contributed by atoms with Gasteiger partial charge in [0.2, 0.25) is 15.9 Å². The molecule has 0 saturated carbocycles. The zero-order chi connectivity index (χ0) is 18.4. The van der Waals surface area contributed by atoms with Crippen molar-refractivity contribution in [3.05, 3.63) is 54.1 Å². The van der Waals surface area contributed by atoms with Gasteiger partial charge >= 0.3 is 0 Å². The molecule has 7 heteroatoms. The first-order chi connectivity index (χ1) is 11.8. The van der Waals surface area contributed by atoms with E-state index in [-0.39, 0.29) is 17.3 Å². The first-order valence-corrected chi connectivity index (χ1v) is 9.43. The highest BCUT2D eigenvalue weighted by Crippen LogP contribution is 2.18. The Labute approximate surface area is 148 Å². The number of aryl methyl sites for hydroxylation is 1. The fraction of sp³-hybridized carbons (Fsp3) is 0.278. The van der Waals surface area contributed by atoms with Crippen LogP contribution in [0.1, 0.15) is 12.5 Å². The van der Waals surface area contributed by atoms with Crippen LogP contribution in [-0.2, 0) is 21.2 Å². The summed E-state index contributed by atoms with van der Waals surface area (Å²) in [5, 5.41) is 5.83. The number of para-hydroxylation sites is 1. The van der Waals surface area contributed by atoms with Crippen LogP contribution in [-0.4, -0.2) is 39.3 Å². The lowest BCUT2D eigenvalue weighted by Gasteiger charge is -2.13. The average Bonchev–Trinajstić information content (AvgIpc) is 2.60. The predicted octanol–water partition coefficient (Wildman–Crippen LogP) is 2.55. The molecule has 0 aliphatic heterocycles. The largest absolute Gasteiger partial charge is 0.376 e. The Morgan fingerprint density at radius 1 is 1.08 bits per heavy atom. The topological polar surface area (TPSA) is 78.5 Å². The minimum absolute atomic E-state index is 0.0452. The number of anilines is 2. The highest BCUT2D eigenvalue weighted by Gasteiger charge is 2.17. The van der Waals surface area contributed by atoms with Gasteiger partial charge in [-0.15, -0.1) is 0 Å². The lowest BCUT2D eigenvalue weighted by atomic mass is 10.1. The highest BCUT2D eigenvalue weighted by molar-refractivity contribution is 7.89. The molecule has 0 atom stereocenters. The van der Waals surface area contributed by atoms with Crippen LogP contribution in [0.15, 0.2) is 53.4 Å². The van der Waals surface area contributed by atoms with Crippen molar-refractivity contribution in [2.75, 3.05) is 31.3 Å². The zero-order valence-electron chi connectivity index (χ0n) is 14.6. The van der Waals surface area contributed by atoms with Gasteiger partial charge < -0.3 is 10.6 Å². The molecule has 0 aromatic heterocycles. The van der Waals surface area contributed by atoms with Crippen LogP contribution < -0.4 is 10.6 Å². The average molecular weight is 361 g/mol. The van der Waals surface area contributed by atoms with Crippen molar-refractivity contribution in [2.45, 2.75) is 18.2 Å². The minimum atomic E-state index is -3.50. The van der Waals surface area contributed by atoms with Crippen molar-refractivity contribution in [3.63, 3.8) is 0 Å². The molecule has 0 aliphatic carbocycles. The summed E-state index contributed by atoms with van der Waals surface area (Å²) >= 11 is 0. The lowest BCUT2D eigenvalue weighted by Crippen LogP contribution is -2.23. The van der Waals surface area contributed by atoms with Crippen LogP contribution in [0, 0.1) is 0 Å². The molecule has 0 saturated heterocycles. The summed E-state index contributed by atoms with van der Waals surface area (Å²) in [5.74, 6) is -0.193. The first-order valence-electron chi connectivity index (χ1n) is 7.99. The molecular formula is C18H23N3O3S. The Hall–Kier alpha value is -2.38. The first kappa shape index (κ1) is 19.0. The van der Waals surface area contributed by atoms with Crippen molar-refractivity contribution in [3.8, 4) is 0 Å². The summed E-state index contributed by atoms with van der Waals surface area (Å²) in [6.45, 7) is 2.07. The van der Waals surface area contributed by atoms with E-state index in [4.69, 9.17) is 0 Å². The second-order valence-corrected chi connectivity index (χ2v) is 7.88. The molecule has 2 aromatic rings. The van der Waals surface area contributed by atoms with E-state index in [1.807, 2.05) is 31.2 Å². The molecular weight excluding hydrogens is 338 g/mol. The number of amides is 1. The number of carbonyl (C=O) groups is 1. The quantitative estimate of drug-likeness (QED) is 0.794. The molecule has 2 rings (SSSR count). The van der Waals surface area contributed by atoms with Crippen LogP contribution >= 0.6 is 0 Å². The third-order valence-electron chi connectivity index (χ3n) is 3.74. The van der Waals surface area contributed by atoms with Gasteiger partial charge in [-0.1, -0.05) is 31.2 Å². The Balaban J connectivity index is 2.03. The van der Waals surface area contributed by atoms with E-state index in [0.717, 1.165) is 22.0 Å². The third kappa shape index (κ3) is 4.80. The summed E-state index contributed by atoms with van der Waals surface area (Å²) in [6.07, 6.45) is 0.828. The van der Waals surface area contributed by atoms with Gasteiger partial charge in [-0.25, -0.2) is 12.7 Å². The van der Waals surface area contributed by atoms with Gasteiger partial charge in [0, 0.05) is 25.5 Å². The second-order valence-electron chi connectivity index (χ2n) is 5.73. The van der Waals surface area contributed by atoms with Gasteiger partial charge in [0.1, 0.15) is 0 Å². The van der Waals surface area contributed by atoms with Gasteiger partial charge in [-0.2, -0.15) is 0 Å². The van der Waals surface area contributed by atoms with E-state index in [2.05, 4.69) is 10.6 Å². The Morgan fingerprint density at radius 3 is 2.48 bits per heavy atom. The fourth-order valence-electron chi connectivity index (χ4n) is 2.30. The Kier molecular flexibility index (Phi) is 6.17. The molecule has 6 nitrogen and oxygen atoms in total. The number of sulfonamides is 1. The van der Waals surface area contributed by atoms with E-state index < -0.39 is 10.0 Å². The van der Waals surface area contributed by atoms with E-state index in [9.17, 15) is 13.2 Å². The molecule has 25 heavy (non-hydrogen) atoms. The fourth-order valence-corrected chi connectivity index (χ4v) is 3.25. The number of nitrogens with zero attached hydrogens (tertiary/aromatic N) is 1. The molecule has 0 bridgehead atoms. The number of rotatable bonds is 7. The highest BCUT2D eigenvalue weighted by atomic mass is 32.2. The number of benzene rings is 2. The minimum Gasteiger partial charge on any atom is -0.376 e. The lowest BCUT2D eigenvalue weighted by molar-refractivity contribution is -0.114. The van der Waals surface area contributed by atoms with Gasteiger partial charge in [-0.05, 0) is 36.2 Å². The summed E-state index contributed by atoms with van der Waals surface area (Å²) in [6, 6.07) is 14.0. The van der Waals surface area contributed by atoms with Crippen LogP contribution in [0.3, 0.4) is 0 Å². The number of hydrogen-bond acceptors (Lipinski definition) is 4. The predicted molar refractivity (Wildman–Crippen MR) is 100 cm³/mol. The van der Waals surface area contributed by atoms with E-state index in [1.54, 1.807) is 12.1 Å². The third-order valence-corrected chi connectivity index (χ3v) is 5.55. The zero-order valence-corrected chi connectivity index (χ0v) is 15.4. The van der Waals surface area contributed by atoms with Gasteiger partial charge in [0.15, 0.2) is 0 Å². The summed E-state index contributed by atoms with van der Waals surface area (Å²) in [7, 11) is -0.542. The van der Waals surface area contributed by atoms with Crippen LogP contribution in [0.4, 0.5) is 11.4 Å². The van der Waals surface area contributed by atoms with Crippen LogP contribution in [0.5, 0.6) is 0 Å². The molecule has 0 spiro atoms. The maximum Gasteiger partial charge on any atom is 0.243 e. The van der Waals surface area contributed by atoms with Crippen LogP contribution in [0.25, 0.3) is 0 Å². The maximum absolute atomic E-state index is 12.2. The van der Waals surface area contributed by atoms with Crippen molar-refractivity contribution in [2.24, 2.45) is 0 Å². The molecule has 134 valence electrons. The molecule has 2 aromatic carbocycles. The molecule has 0 heterocycles. The SMILES string of the molecule is CCc1ccccc1NC(=O)CNc1cccc(S(=O)(=O)N(C)C)c1. The molecule has 0 radical (unpaired) electrons. The standard InChI is InChI=1S/C18H23N3O3S/c1-4-14-8-5-6-11-17(14)20-18(22)13-19-15-9-7-10-16(12-15)25(23,24)21(2)3/h5-12,19H,4,13H2,1-3H3,(H,20,22). The Morgan fingerprint density at radius 2 is 1.80 bits per heavy atom. The number of nitrogens with one attached hydrogen (secondary N) is 2. The number of carbonyl (C=O) groups excluding carboxylic acids is 1. The van der Waals surface area contributed by atoms with Crippen molar-refractivity contribution in [1.29, 1.82) is 0 Å². The molecule has 2 N–H and O–H groups in total. The monoisotopic (exact) mass is 361 g/mol. The summed E-state index contributed by atoms with van der Waals surface area (Å²) < 4.78 is 25.5. The van der Waals surface area contributed by atoms with Crippen LogP contribution in [0.2, 0.25) is 0 Å². The van der Waals surface area contributed by atoms with E-state index >= 15 is 0 Å². The second kappa shape index (κ2) is 8.13. The van der Waals surface area contributed by atoms with Gasteiger partial charge in [0.05, 0.1) is 11.4 Å². The van der Waals surface area contributed by atoms with Gasteiger partial charge in [0.25, 0.3) is 0 Å².